The molecule has 1 aliphatic carbocycles. The highest BCUT2D eigenvalue weighted by Gasteiger charge is 2.24. The van der Waals surface area contributed by atoms with E-state index in [1.165, 1.54) is 19.3 Å². The van der Waals surface area contributed by atoms with Crippen LogP contribution in [0.4, 0.5) is 0 Å². The fourth-order valence-corrected chi connectivity index (χ4v) is 2.79. The lowest BCUT2D eigenvalue weighted by molar-refractivity contribution is -0.117. The van der Waals surface area contributed by atoms with Crippen LogP contribution in [0.3, 0.4) is 0 Å². The number of ketones is 1. The summed E-state index contributed by atoms with van der Waals surface area (Å²) in [6.45, 7) is 1.81. The summed E-state index contributed by atoms with van der Waals surface area (Å²) in [6, 6.07) is 0. The van der Waals surface area contributed by atoms with E-state index in [9.17, 15) is 14.3 Å². The van der Waals surface area contributed by atoms with Crippen LogP contribution in [-0.4, -0.2) is 23.4 Å². The zero-order valence-corrected chi connectivity index (χ0v) is 10.0. The van der Waals surface area contributed by atoms with Crippen LogP contribution in [0.1, 0.15) is 39.0 Å². The molecule has 1 saturated carbocycles. The molecule has 4 nitrogen and oxygen atoms in total. The Hall–Kier alpha value is -0.180. The van der Waals surface area contributed by atoms with E-state index in [2.05, 4.69) is 4.52 Å². The van der Waals surface area contributed by atoms with Crippen LogP contribution in [0.15, 0.2) is 0 Å². The number of rotatable bonds is 7. The minimum atomic E-state index is -3.65. The van der Waals surface area contributed by atoms with Crippen molar-refractivity contribution < 1.29 is 18.8 Å². The summed E-state index contributed by atoms with van der Waals surface area (Å²) in [6.07, 6.45) is 4.63. The molecule has 0 saturated heterocycles. The van der Waals surface area contributed by atoms with E-state index < -0.39 is 7.60 Å². The van der Waals surface area contributed by atoms with Crippen LogP contribution in [0.5, 0.6) is 0 Å². The second-order valence-corrected chi connectivity index (χ2v) is 5.94. The van der Waals surface area contributed by atoms with Crippen molar-refractivity contribution in [1.82, 2.24) is 0 Å². The Morgan fingerprint density at radius 2 is 2.20 bits per heavy atom. The Balaban J connectivity index is 2.19. The quantitative estimate of drug-likeness (QED) is 0.687. The number of hydrogen-bond donors (Lipinski definition) is 1. The maximum atomic E-state index is 11.4. The number of carbonyl (C=O) groups excluding carboxylic acids is 1. The molecule has 1 aliphatic rings. The molecule has 5 heteroatoms. The van der Waals surface area contributed by atoms with Crippen molar-refractivity contribution in [1.29, 1.82) is 0 Å². The normalized spacial score (nSPS) is 20.7. The van der Waals surface area contributed by atoms with Crippen molar-refractivity contribution in [2.24, 2.45) is 5.92 Å². The van der Waals surface area contributed by atoms with E-state index in [1.54, 1.807) is 6.92 Å². The molecule has 0 aromatic heterocycles. The molecule has 88 valence electrons. The summed E-state index contributed by atoms with van der Waals surface area (Å²) in [5.41, 5.74) is 0. The van der Waals surface area contributed by atoms with Gasteiger partial charge in [-0.2, -0.15) is 0 Å². The Kier molecular flexibility index (Phi) is 4.97. The van der Waals surface area contributed by atoms with Crippen molar-refractivity contribution in [3.8, 4) is 0 Å². The van der Waals surface area contributed by atoms with E-state index in [-0.39, 0.29) is 18.6 Å². The average Bonchev–Trinajstić information content (AvgIpc) is 1.99. The molecule has 1 rings (SSSR count). The van der Waals surface area contributed by atoms with E-state index in [4.69, 9.17) is 0 Å². The second kappa shape index (κ2) is 5.78. The third-order valence-electron chi connectivity index (χ3n) is 2.76. The predicted octanol–water partition coefficient (Wildman–Crippen LogP) is 2.36. The summed E-state index contributed by atoms with van der Waals surface area (Å²) < 4.78 is 15.9. The van der Waals surface area contributed by atoms with Crippen LogP contribution < -0.4 is 0 Å². The number of carbonyl (C=O) groups is 1. The van der Waals surface area contributed by atoms with Gasteiger partial charge in [-0.15, -0.1) is 0 Å². The average molecular weight is 234 g/mol. The van der Waals surface area contributed by atoms with Gasteiger partial charge in [-0.05, 0) is 19.3 Å². The van der Waals surface area contributed by atoms with E-state index in [0.29, 0.717) is 12.3 Å². The molecular formula is C10H19O4P. The highest BCUT2D eigenvalue weighted by Crippen LogP contribution is 2.42. The standard InChI is InChI=1S/C10H19O4P/c1-2-14-15(12,13)8-10(11)7-6-9-4-3-5-9/h9H,2-8H2,1H3,(H,12,13). The van der Waals surface area contributed by atoms with Gasteiger partial charge in [0.15, 0.2) is 0 Å². The summed E-state index contributed by atoms with van der Waals surface area (Å²) in [4.78, 5) is 20.6. The van der Waals surface area contributed by atoms with Gasteiger partial charge in [0.25, 0.3) is 0 Å². The highest BCUT2D eigenvalue weighted by atomic mass is 31.2. The summed E-state index contributed by atoms with van der Waals surface area (Å²) in [5.74, 6) is 0.514. The lowest BCUT2D eigenvalue weighted by Crippen LogP contribution is -2.14. The molecule has 1 fully saturated rings. The van der Waals surface area contributed by atoms with Crippen LogP contribution in [-0.2, 0) is 13.9 Å². The third-order valence-corrected chi connectivity index (χ3v) is 4.18. The maximum absolute atomic E-state index is 11.4. The van der Waals surface area contributed by atoms with E-state index in [0.717, 1.165) is 6.42 Å². The van der Waals surface area contributed by atoms with Crippen LogP contribution >= 0.6 is 7.60 Å². The van der Waals surface area contributed by atoms with Gasteiger partial charge in [0.1, 0.15) is 11.9 Å². The first-order chi connectivity index (χ1) is 7.03. The Labute approximate surface area is 90.6 Å². The molecule has 0 heterocycles. The molecule has 1 unspecified atom stereocenters. The van der Waals surface area contributed by atoms with Crippen LogP contribution in [0.2, 0.25) is 0 Å². The molecule has 0 aliphatic heterocycles. The van der Waals surface area contributed by atoms with Crippen molar-refractivity contribution in [3.05, 3.63) is 0 Å². The Bertz CT molecular complexity index is 260. The van der Waals surface area contributed by atoms with E-state index in [1.807, 2.05) is 0 Å². The number of Topliss-reactive ketones (excluding diaryl/α,β-unsaturated/α-hetero) is 1. The lowest BCUT2D eigenvalue weighted by atomic mass is 9.82. The minimum Gasteiger partial charge on any atom is -0.324 e. The lowest BCUT2D eigenvalue weighted by Gasteiger charge is -2.24. The molecule has 0 aromatic rings. The topological polar surface area (TPSA) is 63.6 Å². The first kappa shape index (κ1) is 12.9. The summed E-state index contributed by atoms with van der Waals surface area (Å²) >= 11 is 0. The molecule has 1 N–H and O–H groups in total. The summed E-state index contributed by atoms with van der Waals surface area (Å²) in [5, 5.41) is 0. The largest absolute Gasteiger partial charge is 0.335 e. The maximum Gasteiger partial charge on any atom is 0.335 e. The SMILES string of the molecule is CCOP(=O)(O)CC(=O)CCC1CCC1. The fraction of sp³-hybridized carbons (Fsp3) is 0.900. The van der Waals surface area contributed by atoms with Gasteiger partial charge in [0.2, 0.25) is 0 Å². The van der Waals surface area contributed by atoms with Crippen LogP contribution in [0.25, 0.3) is 0 Å². The first-order valence-electron chi connectivity index (χ1n) is 5.51. The van der Waals surface area contributed by atoms with Gasteiger partial charge in [0.05, 0.1) is 6.61 Å². The smallest absolute Gasteiger partial charge is 0.324 e. The summed E-state index contributed by atoms with van der Waals surface area (Å²) in [7, 11) is -3.65. The van der Waals surface area contributed by atoms with Crippen LogP contribution in [0, 0.1) is 5.92 Å². The Morgan fingerprint density at radius 1 is 1.53 bits per heavy atom. The van der Waals surface area contributed by atoms with Gasteiger partial charge in [0, 0.05) is 6.42 Å². The number of hydrogen-bond acceptors (Lipinski definition) is 3. The second-order valence-electron chi connectivity index (χ2n) is 4.09. The van der Waals surface area contributed by atoms with Crippen molar-refractivity contribution in [3.63, 3.8) is 0 Å². The van der Waals surface area contributed by atoms with Gasteiger partial charge >= 0.3 is 7.60 Å². The first-order valence-corrected chi connectivity index (χ1v) is 7.28. The van der Waals surface area contributed by atoms with Crippen molar-refractivity contribution in [2.75, 3.05) is 12.8 Å². The molecule has 0 bridgehead atoms. The third kappa shape index (κ3) is 4.92. The zero-order valence-electron chi connectivity index (χ0n) is 9.15. The molecule has 0 aromatic carbocycles. The molecule has 0 radical (unpaired) electrons. The molecule has 0 amide bonds. The minimum absolute atomic E-state index is 0.152. The fourth-order valence-electron chi connectivity index (χ4n) is 1.70. The van der Waals surface area contributed by atoms with Gasteiger partial charge in [-0.1, -0.05) is 19.3 Å². The van der Waals surface area contributed by atoms with E-state index >= 15 is 0 Å². The predicted molar refractivity (Wildman–Crippen MR) is 57.9 cm³/mol. The molecule has 0 spiro atoms. The van der Waals surface area contributed by atoms with Gasteiger partial charge in [-0.25, -0.2) is 0 Å². The molecule has 15 heavy (non-hydrogen) atoms. The van der Waals surface area contributed by atoms with Gasteiger partial charge < -0.3 is 9.42 Å². The highest BCUT2D eigenvalue weighted by molar-refractivity contribution is 7.53. The monoisotopic (exact) mass is 234 g/mol. The van der Waals surface area contributed by atoms with Gasteiger partial charge in [-0.3, -0.25) is 9.36 Å². The molecular weight excluding hydrogens is 215 g/mol. The van der Waals surface area contributed by atoms with Crippen molar-refractivity contribution in [2.45, 2.75) is 39.0 Å². The molecule has 1 atom stereocenters. The zero-order chi connectivity index (χ0) is 11.3. The Morgan fingerprint density at radius 3 is 2.67 bits per heavy atom. The van der Waals surface area contributed by atoms with Crippen molar-refractivity contribution >= 4 is 13.4 Å².